The van der Waals surface area contributed by atoms with Crippen molar-refractivity contribution < 1.29 is 54.7 Å². The summed E-state index contributed by atoms with van der Waals surface area (Å²) in [6, 6.07) is 17.6. The number of likely N-dealkylation sites (tertiary alicyclic amines) is 1. The van der Waals surface area contributed by atoms with E-state index in [9.17, 15) is 29.7 Å². The van der Waals surface area contributed by atoms with Crippen LogP contribution in [0.25, 0.3) is 5.57 Å². The van der Waals surface area contributed by atoms with E-state index in [1.54, 1.807) is 20.0 Å². The normalized spacial score (nSPS) is 21.4. The first-order valence-corrected chi connectivity index (χ1v) is 17.0. The Bertz CT molecular complexity index is 1770. The Labute approximate surface area is 301 Å². The Kier molecular flexibility index (Phi) is 12.0. The predicted molar refractivity (Wildman–Crippen MR) is 186 cm³/mol. The number of benzene rings is 2. The monoisotopic (exact) mass is 724 g/mol. The van der Waals surface area contributed by atoms with Gasteiger partial charge >= 0.3 is 11.9 Å². The summed E-state index contributed by atoms with van der Waals surface area (Å²) < 4.78 is 6.14. The van der Waals surface area contributed by atoms with Crippen molar-refractivity contribution in [3.8, 4) is 5.75 Å². The van der Waals surface area contributed by atoms with Gasteiger partial charge in [0.25, 0.3) is 0 Å². The van der Waals surface area contributed by atoms with E-state index in [1.165, 1.54) is 4.90 Å². The molecule has 1 fully saturated rings. The smallest absolute Gasteiger partial charge is 0.336 e. The van der Waals surface area contributed by atoms with Crippen LogP contribution in [0.4, 0.5) is 0 Å². The number of fused-ring (bicyclic) bond motifs is 2. The number of aromatic nitrogens is 1. The topological polar surface area (TPSA) is 202 Å². The van der Waals surface area contributed by atoms with E-state index in [-0.39, 0.29) is 5.41 Å². The van der Waals surface area contributed by atoms with Crippen molar-refractivity contribution in [2.24, 2.45) is 5.41 Å². The molecule has 2 unspecified atom stereocenters. The summed E-state index contributed by atoms with van der Waals surface area (Å²) in [5.41, 5.74) is 0.946. The van der Waals surface area contributed by atoms with Gasteiger partial charge < -0.3 is 45.1 Å². The number of nitrogens with zero attached hydrogens (tertiary/aromatic N) is 1. The quantitative estimate of drug-likeness (QED) is 0.179. The highest BCUT2D eigenvalue weighted by molar-refractivity contribution is 6.30. The van der Waals surface area contributed by atoms with Crippen LogP contribution in [0.2, 0.25) is 5.02 Å². The molecule has 13 heteroatoms. The van der Waals surface area contributed by atoms with Gasteiger partial charge in [-0.15, -0.1) is 0 Å². The zero-order valence-corrected chi connectivity index (χ0v) is 29.9. The summed E-state index contributed by atoms with van der Waals surface area (Å²) in [4.78, 5) is 36.4. The third-order valence-corrected chi connectivity index (χ3v) is 9.87. The number of hydrogen-bond donors (Lipinski definition) is 6. The summed E-state index contributed by atoms with van der Waals surface area (Å²) in [7, 11) is 0. The molecule has 0 spiro atoms. The molecule has 5 rings (SSSR count). The van der Waals surface area contributed by atoms with Crippen LogP contribution in [-0.4, -0.2) is 73.7 Å². The molecular formula is C38H45ClN2O10. The molecule has 3 heterocycles. The molecule has 3 atom stereocenters. The highest BCUT2D eigenvalue weighted by atomic mass is 35.5. The predicted octanol–water partition coefficient (Wildman–Crippen LogP) is 2.30. The lowest BCUT2D eigenvalue weighted by atomic mass is 9.66. The number of nitrogens with one attached hydrogen (secondary N) is 1. The molecule has 274 valence electrons. The second-order valence-electron chi connectivity index (χ2n) is 14.3. The molecule has 2 aliphatic rings. The van der Waals surface area contributed by atoms with Gasteiger partial charge in [-0.05, 0) is 60.9 Å². The zero-order valence-electron chi connectivity index (χ0n) is 29.1. The molecule has 2 aliphatic heterocycles. The van der Waals surface area contributed by atoms with Crippen molar-refractivity contribution in [3.05, 3.63) is 99.8 Å². The number of carbonyl (C=O) groups is 3. The van der Waals surface area contributed by atoms with E-state index in [4.69, 9.17) is 31.7 Å². The highest BCUT2D eigenvalue weighted by Gasteiger charge is 2.51. The Morgan fingerprint density at radius 3 is 2.31 bits per heavy atom. The number of carboxylic acids is 3. The first-order chi connectivity index (χ1) is 23.8. The van der Waals surface area contributed by atoms with Gasteiger partial charge in [-0.2, -0.15) is 0 Å². The minimum Gasteiger partial charge on any atom is -0.550 e. The summed E-state index contributed by atoms with van der Waals surface area (Å²) in [6.45, 7) is 11.1. The van der Waals surface area contributed by atoms with Crippen molar-refractivity contribution in [2.75, 3.05) is 19.6 Å². The molecule has 0 saturated carbocycles. The average molecular weight is 725 g/mol. The number of halogens is 1. The number of hydrogen-bond acceptors (Lipinski definition) is 9. The van der Waals surface area contributed by atoms with E-state index in [2.05, 4.69) is 31.0 Å². The average Bonchev–Trinajstić information content (AvgIpc) is 3.18. The number of carboxylic acid groups (broad SMARTS) is 3. The first kappa shape index (κ1) is 39.5. The Hall–Kier alpha value is -4.33. The molecule has 0 aliphatic carbocycles. The first-order valence-electron chi connectivity index (χ1n) is 16.6. The van der Waals surface area contributed by atoms with Gasteiger partial charge in [0.2, 0.25) is 0 Å². The Balaban J connectivity index is 0.000000383. The largest absolute Gasteiger partial charge is 0.550 e. The second-order valence-corrected chi connectivity index (χ2v) is 14.8. The van der Waals surface area contributed by atoms with Gasteiger partial charge in [-0.3, -0.25) is 9.78 Å². The lowest BCUT2D eigenvalue weighted by Gasteiger charge is -2.48. The van der Waals surface area contributed by atoms with Crippen LogP contribution < -0.4 is 14.7 Å². The number of rotatable bonds is 10. The van der Waals surface area contributed by atoms with Crippen LogP contribution in [0.15, 0.2) is 66.9 Å². The van der Waals surface area contributed by atoms with Crippen molar-refractivity contribution in [3.63, 3.8) is 0 Å². The molecule has 0 bridgehead atoms. The molecule has 6 N–H and O–H groups in total. The number of carbonyl (C=O) groups excluding carboxylic acids is 1. The summed E-state index contributed by atoms with van der Waals surface area (Å²) >= 11 is 6.10. The Morgan fingerprint density at radius 2 is 1.73 bits per heavy atom. The molecule has 1 aromatic heterocycles. The van der Waals surface area contributed by atoms with Gasteiger partial charge in [0, 0.05) is 53.0 Å². The maximum Gasteiger partial charge on any atom is 0.336 e. The summed E-state index contributed by atoms with van der Waals surface area (Å²) in [5, 5.41) is 58.6. The highest BCUT2D eigenvalue weighted by Crippen LogP contribution is 2.43. The molecule has 1 saturated heterocycles. The van der Waals surface area contributed by atoms with Crippen molar-refractivity contribution >= 4 is 35.1 Å². The van der Waals surface area contributed by atoms with E-state index in [0.29, 0.717) is 18.1 Å². The van der Waals surface area contributed by atoms with Crippen molar-refractivity contribution in [1.29, 1.82) is 0 Å². The number of aliphatic hydroxyl groups is 3. The van der Waals surface area contributed by atoms with Gasteiger partial charge in [0.1, 0.15) is 18.0 Å². The van der Waals surface area contributed by atoms with Crippen LogP contribution >= 0.6 is 11.6 Å². The number of aliphatic carboxylic acids is 3. The minimum atomic E-state index is -2.80. The van der Waals surface area contributed by atoms with Crippen LogP contribution in [0.1, 0.15) is 81.3 Å². The van der Waals surface area contributed by atoms with E-state index < -0.39 is 47.6 Å². The molecule has 2 aromatic carbocycles. The lowest BCUT2D eigenvalue weighted by Crippen LogP contribution is -3.15. The molecule has 0 radical (unpaired) electrons. The van der Waals surface area contributed by atoms with Crippen LogP contribution in [0.5, 0.6) is 5.75 Å². The van der Waals surface area contributed by atoms with E-state index >= 15 is 0 Å². The SMILES string of the molecule is CC(C)(O)c1ccc2c(c1)/C(=C/CC[NH+]1CC[C@](O)(c3ccc(Cl)cc3)C(C)(C)C1)c1cccnc1CO2.O=C([O-])CC(O)(CC(=O)O)C(=O)O. The molecule has 51 heavy (non-hydrogen) atoms. The standard InChI is InChI=1S/C32H37ClN2O3.C6H8O7/c1-30(2)21-35(18-15-32(30,37)22-9-12-24(33)13-10-22)17-6-8-25-26-7-5-16-34-28(26)20-38-29-14-11-23(19-27(25)29)31(3,4)36;7-3(8)1-6(13,5(11)12)2-4(9)10/h5,7-14,16,19,36-37H,6,15,17-18,20-21H2,1-4H3;13H,1-2H2,(H,7,8)(H,9,10)(H,11,12)/b25-8+;/t32-;/m0./s1. The second kappa shape index (κ2) is 15.5. The molecule has 3 aromatic rings. The van der Waals surface area contributed by atoms with Crippen LogP contribution in [0.3, 0.4) is 0 Å². The van der Waals surface area contributed by atoms with Crippen LogP contribution in [0, 0.1) is 5.41 Å². The number of pyridine rings is 1. The molecular weight excluding hydrogens is 680 g/mol. The maximum absolute atomic E-state index is 11.7. The number of quaternary nitrogens is 1. The van der Waals surface area contributed by atoms with Gasteiger partial charge in [-0.1, -0.05) is 55.8 Å². The van der Waals surface area contributed by atoms with E-state index in [1.807, 2.05) is 48.5 Å². The summed E-state index contributed by atoms with van der Waals surface area (Å²) in [6.07, 6.45) is 3.24. The van der Waals surface area contributed by atoms with Gasteiger partial charge in [-0.25, -0.2) is 4.79 Å². The van der Waals surface area contributed by atoms with Gasteiger partial charge in [0.05, 0.1) is 37.4 Å². The third kappa shape index (κ3) is 9.32. The molecule has 0 amide bonds. The fourth-order valence-electron chi connectivity index (χ4n) is 6.71. The number of piperidine rings is 1. The fourth-order valence-corrected chi connectivity index (χ4v) is 6.84. The van der Waals surface area contributed by atoms with E-state index in [0.717, 1.165) is 65.3 Å². The minimum absolute atomic E-state index is 0.289. The fraction of sp³-hybridized carbons (Fsp3) is 0.421. The zero-order chi connectivity index (χ0) is 37.8. The Morgan fingerprint density at radius 1 is 1.04 bits per heavy atom. The summed E-state index contributed by atoms with van der Waals surface area (Å²) in [5.74, 6) is -4.53. The van der Waals surface area contributed by atoms with Crippen molar-refractivity contribution in [2.45, 2.75) is 76.8 Å². The lowest BCUT2D eigenvalue weighted by molar-refractivity contribution is -0.915. The third-order valence-electron chi connectivity index (χ3n) is 9.62. The number of ether oxygens (including phenoxy) is 1. The van der Waals surface area contributed by atoms with Crippen molar-refractivity contribution in [1.82, 2.24) is 4.98 Å². The van der Waals surface area contributed by atoms with Gasteiger partial charge in [0.15, 0.2) is 5.60 Å². The van der Waals surface area contributed by atoms with Crippen LogP contribution in [-0.2, 0) is 32.2 Å². The molecule has 12 nitrogen and oxygen atoms in total. The maximum atomic E-state index is 11.7.